The van der Waals surface area contributed by atoms with Gasteiger partial charge in [-0.3, -0.25) is 9.59 Å². The Kier molecular flexibility index (Phi) is 4.47. The van der Waals surface area contributed by atoms with Crippen molar-refractivity contribution in [1.29, 1.82) is 0 Å². The number of hydrogen-bond donors (Lipinski definition) is 2. The predicted molar refractivity (Wildman–Crippen MR) is 124 cm³/mol. The molecule has 0 radical (unpaired) electrons. The maximum Gasteiger partial charge on any atom is 0.220 e. The van der Waals surface area contributed by atoms with Gasteiger partial charge >= 0.3 is 0 Å². The van der Waals surface area contributed by atoms with Crippen LogP contribution in [-0.4, -0.2) is 27.9 Å². The highest BCUT2D eigenvalue weighted by molar-refractivity contribution is 6.06. The van der Waals surface area contributed by atoms with Crippen molar-refractivity contribution in [3.8, 4) is 0 Å². The van der Waals surface area contributed by atoms with Crippen LogP contribution in [0, 0.1) is 39.4 Å². The van der Waals surface area contributed by atoms with E-state index in [1.807, 2.05) is 13.8 Å². The zero-order valence-electron chi connectivity index (χ0n) is 20.4. The lowest BCUT2D eigenvalue weighted by Crippen LogP contribution is -2.67. The molecule has 5 aliphatic rings. The van der Waals surface area contributed by atoms with Gasteiger partial charge < -0.3 is 10.2 Å². The largest absolute Gasteiger partial charge is 0.504 e. The highest BCUT2D eigenvalue weighted by Crippen LogP contribution is 2.75. The van der Waals surface area contributed by atoms with Crippen molar-refractivity contribution < 1.29 is 19.8 Å². The van der Waals surface area contributed by atoms with Gasteiger partial charge in [0.05, 0.1) is 0 Å². The average molecular weight is 439 g/mol. The molecule has 8 unspecified atom stereocenters. The van der Waals surface area contributed by atoms with E-state index in [-0.39, 0.29) is 44.9 Å². The summed E-state index contributed by atoms with van der Waals surface area (Å²) in [7, 11) is 0. The van der Waals surface area contributed by atoms with Gasteiger partial charge in [0, 0.05) is 16.9 Å². The number of aliphatic hydroxyl groups is 2. The number of hydrogen-bond acceptors (Lipinski definition) is 4. The second kappa shape index (κ2) is 6.46. The topological polar surface area (TPSA) is 74.6 Å². The summed E-state index contributed by atoms with van der Waals surface area (Å²) >= 11 is 0. The lowest BCUT2D eigenvalue weighted by atomic mass is 9.33. The number of carbonyl (C=O) groups is 2. The van der Waals surface area contributed by atoms with Crippen LogP contribution in [0.4, 0.5) is 0 Å². The van der Waals surface area contributed by atoms with E-state index in [0.717, 1.165) is 49.7 Å². The van der Waals surface area contributed by atoms with Gasteiger partial charge in [0.1, 0.15) is 6.10 Å². The second-order valence-electron chi connectivity index (χ2n) is 12.6. The Bertz CT molecular complexity index is 1020. The fraction of sp³-hybridized carbons (Fsp3) is 0.714. The van der Waals surface area contributed by atoms with Crippen molar-refractivity contribution in [2.75, 3.05) is 0 Å². The normalized spacial score (nSPS) is 50.6. The summed E-state index contributed by atoms with van der Waals surface area (Å²) in [6.45, 7) is 13.2. The maximum absolute atomic E-state index is 12.7. The summed E-state index contributed by atoms with van der Waals surface area (Å²) < 4.78 is 0. The highest BCUT2D eigenvalue weighted by atomic mass is 16.3. The van der Waals surface area contributed by atoms with Crippen LogP contribution in [0.5, 0.6) is 0 Å². The summed E-state index contributed by atoms with van der Waals surface area (Å²) in [5.41, 5.74) is 2.49. The quantitative estimate of drug-likeness (QED) is 0.526. The molecule has 0 spiro atoms. The second-order valence-corrected chi connectivity index (χ2v) is 12.6. The van der Waals surface area contributed by atoms with Gasteiger partial charge in [0.15, 0.2) is 11.5 Å². The number of aliphatic hydroxyl groups excluding tert-OH is 2. The first kappa shape index (κ1) is 22.1. The smallest absolute Gasteiger partial charge is 0.220 e. The third-order valence-corrected chi connectivity index (χ3v) is 11.5. The van der Waals surface area contributed by atoms with Gasteiger partial charge in [0.25, 0.3) is 0 Å². The number of rotatable bonds is 0. The minimum absolute atomic E-state index is 0.0230. The Morgan fingerprint density at radius 3 is 2.28 bits per heavy atom. The van der Waals surface area contributed by atoms with Crippen LogP contribution in [-0.2, 0) is 9.59 Å². The molecule has 5 rings (SSSR count). The third-order valence-electron chi connectivity index (χ3n) is 11.5. The van der Waals surface area contributed by atoms with Crippen molar-refractivity contribution in [1.82, 2.24) is 0 Å². The van der Waals surface area contributed by atoms with Crippen molar-refractivity contribution in [3.05, 3.63) is 34.6 Å². The fourth-order valence-corrected chi connectivity index (χ4v) is 9.07. The van der Waals surface area contributed by atoms with Crippen LogP contribution in [0.2, 0.25) is 0 Å². The van der Waals surface area contributed by atoms with Gasteiger partial charge in [-0.2, -0.15) is 0 Å². The van der Waals surface area contributed by atoms with Crippen molar-refractivity contribution in [2.45, 2.75) is 86.2 Å². The molecule has 32 heavy (non-hydrogen) atoms. The van der Waals surface area contributed by atoms with E-state index in [4.69, 9.17) is 0 Å². The van der Waals surface area contributed by atoms with Gasteiger partial charge in [-0.15, -0.1) is 0 Å². The first-order valence-electron chi connectivity index (χ1n) is 12.4. The zero-order valence-corrected chi connectivity index (χ0v) is 20.4. The van der Waals surface area contributed by atoms with Gasteiger partial charge in [-0.25, -0.2) is 0 Å². The molecule has 2 N–H and O–H groups in total. The molecule has 174 valence electrons. The molecule has 0 saturated heterocycles. The van der Waals surface area contributed by atoms with Crippen LogP contribution in [0.1, 0.15) is 80.1 Å². The molecule has 0 bridgehead atoms. The van der Waals surface area contributed by atoms with E-state index < -0.39 is 6.10 Å². The molecule has 0 aromatic carbocycles. The Morgan fingerprint density at radius 1 is 0.969 bits per heavy atom. The van der Waals surface area contributed by atoms with Crippen molar-refractivity contribution in [3.63, 3.8) is 0 Å². The monoisotopic (exact) mass is 438 g/mol. The lowest BCUT2D eigenvalue weighted by Gasteiger charge is -2.71. The third kappa shape index (κ3) is 2.38. The van der Waals surface area contributed by atoms with E-state index in [2.05, 4.69) is 33.8 Å². The molecule has 0 aromatic rings. The molecule has 0 heterocycles. The van der Waals surface area contributed by atoms with Crippen LogP contribution in [0.25, 0.3) is 0 Å². The molecule has 0 aliphatic heterocycles. The minimum atomic E-state index is -0.863. The first-order valence-corrected chi connectivity index (χ1v) is 12.4. The Hall–Kier alpha value is -1.68. The zero-order chi connectivity index (χ0) is 23.4. The minimum Gasteiger partial charge on any atom is -0.504 e. The molecule has 8 atom stereocenters. The fourth-order valence-electron chi connectivity index (χ4n) is 9.07. The van der Waals surface area contributed by atoms with E-state index in [9.17, 15) is 19.8 Å². The van der Waals surface area contributed by atoms with E-state index in [0.29, 0.717) is 17.4 Å². The van der Waals surface area contributed by atoms with Crippen LogP contribution in [0.3, 0.4) is 0 Å². The summed E-state index contributed by atoms with van der Waals surface area (Å²) in [5, 5.41) is 21.3. The summed E-state index contributed by atoms with van der Waals surface area (Å²) in [6.07, 6.45) is 8.75. The summed E-state index contributed by atoms with van der Waals surface area (Å²) in [5.74, 6) is 0.238. The maximum atomic E-state index is 12.7. The van der Waals surface area contributed by atoms with Crippen LogP contribution < -0.4 is 0 Å². The Morgan fingerprint density at radius 2 is 1.59 bits per heavy atom. The van der Waals surface area contributed by atoms with E-state index in [1.54, 1.807) is 6.08 Å². The van der Waals surface area contributed by atoms with Crippen LogP contribution in [0.15, 0.2) is 34.6 Å². The van der Waals surface area contributed by atoms with E-state index >= 15 is 0 Å². The van der Waals surface area contributed by atoms with Crippen LogP contribution >= 0.6 is 0 Å². The lowest BCUT2D eigenvalue weighted by molar-refractivity contribution is -0.227. The molecule has 3 fully saturated rings. The molecular weight excluding hydrogens is 400 g/mol. The summed E-state index contributed by atoms with van der Waals surface area (Å²) in [4.78, 5) is 25.3. The SMILES string of the molecule is CC1=C(O)C(=O)C=C2C1=CCC1C2(C)CCC2(C)C3CC(C)C(=O)C(O)C3(C)CCC12C. The molecular formula is C28H38O4. The number of Topliss-reactive ketones (excluding diaryl/α,β-unsaturated/α-hetero) is 1. The molecule has 4 heteroatoms. The summed E-state index contributed by atoms with van der Waals surface area (Å²) in [6, 6.07) is 0. The van der Waals surface area contributed by atoms with Gasteiger partial charge in [-0.1, -0.05) is 40.7 Å². The van der Waals surface area contributed by atoms with Gasteiger partial charge in [-0.05, 0) is 90.8 Å². The number of carbonyl (C=O) groups excluding carboxylic acids is 2. The molecule has 3 saturated carbocycles. The number of allylic oxidation sites excluding steroid dienone is 5. The number of fused-ring (bicyclic) bond motifs is 7. The highest BCUT2D eigenvalue weighted by Gasteiger charge is 2.69. The molecule has 0 aromatic heterocycles. The first-order chi connectivity index (χ1) is 14.8. The van der Waals surface area contributed by atoms with Gasteiger partial charge in [0.2, 0.25) is 5.78 Å². The molecule has 5 aliphatic carbocycles. The van der Waals surface area contributed by atoms with Crippen molar-refractivity contribution in [2.24, 2.45) is 39.4 Å². The van der Waals surface area contributed by atoms with Crippen molar-refractivity contribution >= 4 is 11.6 Å². The average Bonchev–Trinajstić information content (AvgIpc) is 2.75. The molecule has 4 nitrogen and oxygen atoms in total. The number of ketones is 2. The Balaban J connectivity index is 1.61. The standard InChI is InChI=1S/C28H38O4/c1-15-13-21-26(4,24(32)22(15)30)10-12-27(5)20-8-7-17-16(2)23(31)19(29)14-18(17)25(20,3)9-11-28(21,27)6/h7,14-15,20-21,24,31-32H,8-13H2,1-6H3. The van der Waals surface area contributed by atoms with E-state index in [1.165, 1.54) is 0 Å². The molecule has 0 amide bonds. The predicted octanol–water partition coefficient (Wildman–Crippen LogP) is 5.47. The Labute approximate surface area is 191 Å².